The first-order valence-electron chi connectivity index (χ1n) is 5.93. The molecule has 1 fully saturated rings. The van der Waals surface area contributed by atoms with Gasteiger partial charge in [-0.3, -0.25) is 9.78 Å². The van der Waals surface area contributed by atoms with Crippen molar-refractivity contribution in [1.29, 1.82) is 0 Å². The number of hydrogen-bond acceptors (Lipinski definition) is 5. The maximum Gasteiger partial charge on any atom is 0.331 e. The van der Waals surface area contributed by atoms with E-state index in [1.807, 2.05) is 0 Å². The topological polar surface area (TPSA) is 100 Å². The summed E-state index contributed by atoms with van der Waals surface area (Å²) in [5.41, 5.74) is 6.74. The van der Waals surface area contributed by atoms with Crippen LogP contribution in [0.5, 0.6) is 0 Å². The summed E-state index contributed by atoms with van der Waals surface area (Å²) in [5.74, 6) is -0.752. The third-order valence-electron chi connectivity index (χ3n) is 3.00. The number of fused-ring (bicyclic) bond motifs is 1. The molecule has 2 N–H and O–H groups in total. The highest BCUT2D eigenvalue weighted by atomic mass is 16.7. The van der Waals surface area contributed by atoms with E-state index in [2.05, 4.69) is 10.1 Å². The third-order valence-corrected chi connectivity index (χ3v) is 3.00. The molecule has 1 saturated carbocycles. The number of nitrogens with zero attached hydrogens (tertiary/aromatic N) is 3. The molecule has 2 aromatic rings. The fourth-order valence-corrected chi connectivity index (χ4v) is 1.98. The molecule has 19 heavy (non-hydrogen) atoms. The Bertz CT molecular complexity index is 688. The molecule has 1 aliphatic carbocycles. The van der Waals surface area contributed by atoms with Crippen LogP contribution in [0.3, 0.4) is 0 Å². The van der Waals surface area contributed by atoms with E-state index in [-0.39, 0.29) is 5.69 Å². The van der Waals surface area contributed by atoms with Crippen molar-refractivity contribution in [2.75, 3.05) is 0 Å². The standard InChI is InChI=1S/C12H12N4O3/c1-6(17)19-16-10-5-14-9(7-2-3-7)4-8(10)11(15-16)12(13)18/h4-5,7H,2-3H2,1H3,(H2,13,18). The zero-order chi connectivity index (χ0) is 13.6. The van der Waals surface area contributed by atoms with Gasteiger partial charge in [-0.15, -0.1) is 5.10 Å². The van der Waals surface area contributed by atoms with E-state index < -0.39 is 11.9 Å². The summed E-state index contributed by atoms with van der Waals surface area (Å²) < 4.78 is 0. The molecule has 1 amide bonds. The predicted octanol–water partition coefficient (Wildman–Crippen LogP) is 0.383. The van der Waals surface area contributed by atoms with Crippen molar-refractivity contribution >= 4 is 22.8 Å². The van der Waals surface area contributed by atoms with Gasteiger partial charge in [-0.1, -0.05) is 4.85 Å². The van der Waals surface area contributed by atoms with Crippen LogP contribution in [0, 0.1) is 0 Å². The molecule has 0 aliphatic heterocycles. The summed E-state index contributed by atoms with van der Waals surface area (Å²) in [5, 5.41) is 4.47. The Morgan fingerprint density at radius 1 is 1.47 bits per heavy atom. The summed E-state index contributed by atoms with van der Waals surface area (Å²) >= 11 is 0. The maximum atomic E-state index is 11.4. The van der Waals surface area contributed by atoms with Gasteiger partial charge >= 0.3 is 5.97 Å². The second-order valence-corrected chi connectivity index (χ2v) is 4.57. The number of carbonyl (C=O) groups excluding carboxylic acids is 2. The molecule has 0 radical (unpaired) electrons. The van der Waals surface area contributed by atoms with E-state index in [4.69, 9.17) is 10.6 Å². The molecule has 7 heteroatoms. The zero-order valence-corrected chi connectivity index (χ0v) is 10.3. The summed E-state index contributed by atoms with van der Waals surface area (Å²) in [7, 11) is 0. The van der Waals surface area contributed by atoms with Gasteiger partial charge in [0, 0.05) is 23.9 Å². The largest absolute Gasteiger partial charge is 0.364 e. The fraction of sp³-hybridized carbons (Fsp3) is 0.333. The smallest absolute Gasteiger partial charge is 0.331 e. The Labute approximate surface area is 108 Å². The van der Waals surface area contributed by atoms with Crippen LogP contribution in [0.15, 0.2) is 12.3 Å². The van der Waals surface area contributed by atoms with Gasteiger partial charge < -0.3 is 10.6 Å². The van der Waals surface area contributed by atoms with Crippen LogP contribution < -0.4 is 10.6 Å². The second kappa shape index (κ2) is 4.04. The Kier molecular flexibility index (Phi) is 2.48. The molecule has 0 saturated heterocycles. The number of aromatic nitrogens is 3. The number of amides is 1. The number of nitrogens with two attached hydrogens (primary N) is 1. The van der Waals surface area contributed by atoms with Crippen LogP contribution in [-0.2, 0) is 4.79 Å². The Morgan fingerprint density at radius 2 is 2.21 bits per heavy atom. The first-order valence-corrected chi connectivity index (χ1v) is 5.93. The molecule has 0 atom stereocenters. The van der Waals surface area contributed by atoms with Crippen molar-refractivity contribution in [3.63, 3.8) is 0 Å². The minimum absolute atomic E-state index is 0.0838. The molecule has 1 aliphatic rings. The van der Waals surface area contributed by atoms with E-state index in [0.29, 0.717) is 16.8 Å². The number of hydrogen-bond donors (Lipinski definition) is 1. The lowest BCUT2D eigenvalue weighted by Crippen LogP contribution is -2.19. The highest BCUT2D eigenvalue weighted by molar-refractivity contribution is 6.04. The van der Waals surface area contributed by atoms with Crippen LogP contribution in [0.1, 0.15) is 41.9 Å². The van der Waals surface area contributed by atoms with Gasteiger partial charge in [0.25, 0.3) is 5.91 Å². The Hall–Kier alpha value is -2.44. The van der Waals surface area contributed by atoms with Gasteiger partial charge in [0.15, 0.2) is 5.69 Å². The maximum absolute atomic E-state index is 11.4. The molecule has 0 unspecified atom stereocenters. The number of primary amides is 1. The monoisotopic (exact) mass is 260 g/mol. The highest BCUT2D eigenvalue weighted by Crippen LogP contribution is 2.39. The van der Waals surface area contributed by atoms with E-state index in [9.17, 15) is 9.59 Å². The number of pyridine rings is 1. The number of rotatable bonds is 3. The second-order valence-electron chi connectivity index (χ2n) is 4.57. The molecular formula is C12H12N4O3. The molecular weight excluding hydrogens is 248 g/mol. The first-order chi connectivity index (χ1) is 9.06. The Morgan fingerprint density at radius 3 is 2.79 bits per heavy atom. The molecule has 7 nitrogen and oxygen atoms in total. The van der Waals surface area contributed by atoms with E-state index in [1.165, 1.54) is 6.92 Å². The van der Waals surface area contributed by atoms with E-state index in [0.717, 1.165) is 23.4 Å². The first kappa shape index (κ1) is 11.6. The summed E-state index contributed by atoms with van der Waals surface area (Å²) in [4.78, 5) is 32.6. The lowest BCUT2D eigenvalue weighted by molar-refractivity contribution is -0.142. The van der Waals surface area contributed by atoms with Gasteiger partial charge in [-0.05, 0) is 18.9 Å². The quantitative estimate of drug-likeness (QED) is 0.860. The average Bonchev–Trinajstić information content (AvgIpc) is 3.12. The van der Waals surface area contributed by atoms with E-state index in [1.54, 1.807) is 12.3 Å². The van der Waals surface area contributed by atoms with Gasteiger partial charge in [0.2, 0.25) is 0 Å². The highest BCUT2D eigenvalue weighted by Gasteiger charge is 2.27. The lowest BCUT2D eigenvalue weighted by atomic mass is 10.1. The molecule has 2 aromatic heterocycles. The molecule has 3 rings (SSSR count). The minimum Gasteiger partial charge on any atom is -0.364 e. The normalized spacial score (nSPS) is 14.6. The Balaban J connectivity index is 2.17. The van der Waals surface area contributed by atoms with Crippen LogP contribution in [0.4, 0.5) is 0 Å². The third kappa shape index (κ3) is 2.03. The van der Waals surface area contributed by atoms with Crippen molar-refractivity contribution < 1.29 is 14.4 Å². The summed E-state index contributed by atoms with van der Waals surface area (Å²) in [6.45, 7) is 1.25. The van der Waals surface area contributed by atoms with Crippen molar-refractivity contribution in [3.05, 3.63) is 23.7 Å². The van der Waals surface area contributed by atoms with Crippen LogP contribution >= 0.6 is 0 Å². The van der Waals surface area contributed by atoms with Crippen LogP contribution in [0.25, 0.3) is 10.9 Å². The SMILES string of the molecule is CC(=O)On1nc(C(N)=O)c2cc(C3CC3)ncc21. The van der Waals surface area contributed by atoms with Crippen LogP contribution in [-0.4, -0.2) is 26.8 Å². The van der Waals surface area contributed by atoms with Crippen molar-refractivity contribution in [1.82, 2.24) is 14.9 Å². The lowest BCUT2D eigenvalue weighted by Gasteiger charge is -2.01. The molecule has 2 heterocycles. The van der Waals surface area contributed by atoms with E-state index >= 15 is 0 Å². The van der Waals surface area contributed by atoms with Crippen molar-refractivity contribution in [2.24, 2.45) is 5.73 Å². The molecule has 0 bridgehead atoms. The average molecular weight is 260 g/mol. The molecule has 0 spiro atoms. The van der Waals surface area contributed by atoms with Gasteiger partial charge in [-0.25, -0.2) is 4.79 Å². The van der Waals surface area contributed by atoms with Crippen LogP contribution in [0.2, 0.25) is 0 Å². The molecule has 0 aromatic carbocycles. The van der Waals surface area contributed by atoms with Crippen molar-refractivity contribution in [2.45, 2.75) is 25.7 Å². The molecule has 98 valence electrons. The minimum atomic E-state index is -0.663. The van der Waals surface area contributed by atoms with Gasteiger partial charge in [0.05, 0.1) is 6.20 Å². The van der Waals surface area contributed by atoms with Gasteiger partial charge in [0.1, 0.15) is 5.52 Å². The summed E-state index contributed by atoms with van der Waals surface area (Å²) in [6.07, 6.45) is 3.75. The number of carbonyl (C=O) groups is 2. The zero-order valence-electron chi connectivity index (χ0n) is 10.3. The van der Waals surface area contributed by atoms with Gasteiger partial charge in [-0.2, -0.15) is 0 Å². The predicted molar refractivity (Wildman–Crippen MR) is 65.3 cm³/mol. The summed E-state index contributed by atoms with van der Waals surface area (Å²) in [6, 6.07) is 1.79. The van der Waals surface area contributed by atoms with Crippen molar-refractivity contribution in [3.8, 4) is 0 Å². The fourth-order valence-electron chi connectivity index (χ4n) is 1.98.